The number of amides is 2. The maximum Gasteiger partial charge on any atom is 0.417 e. The third kappa shape index (κ3) is 12.6. The number of carboxylic acids is 1. The van der Waals surface area contributed by atoms with Crippen molar-refractivity contribution in [1.82, 2.24) is 27.7 Å². The smallest absolute Gasteiger partial charge is 0.417 e. The van der Waals surface area contributed by atoms with Crippen molar-refractivity contribution in [3.05, 3.63) is 240 Å². The Bertz CT molecular complexity index is 5010. The molecule has 0 saturated heterocycles. The highest BCUT2D eigenvalue weighted by atomic mass is 35.5. The second-order valence-corrected chi connectivity index (χ2v) is 25.6. The van der Waals surface area contributed by atoms with E-state index in [2.05, 4.69) is 10.6 Å². The van der Waals surface area contributed by atoms with Crippen LogP contribution in [0.5, 0.6) is 5.75 Å². The molecule has 18 nitrogen and oxygen atoms in total. The first kappa shape index (κ1) is 65.2. The van der Waals surface area contributed by atoms with Crippen molar-refractivity contribution in [3.63, 3.8) is 0 Å². The molecule has 2 amide bonds. The van der Waals surface area contributed by atoms with Crippen LogP contribution in [0.2, 0.25) is 10.0 Å². The third-order valence-corrected chi connectivity index (χ3v) is 19.7. The monoisotopic (exact) mass is 1340 g/mol. The number of aryl methyl sites for hydroxylation is 2. The lowest BCUT2D eigenvalue weighted by atomic mass is 9.97. The van der Waals surface area contributed by atoms with Crippen molar-refractivity contribution in [1.29, 1.82) is 0 Å². The molecule has 3 N–H and O–H groups in total. The molecular formula is C64H48Cl2F6N6O12S2. The van der Waals surface area contributed by atoms with Crippen LogP contribution in [0.25, 0.3) is 44.1 Å². The lowest BCUT2D eigenvalue weighted by Gasteiger charge is -2.20. The van der Waals surface area contributed by atoms with Gasteiger partial charge in [0.05, 0.1) is 48.2 Å². The number of rotatable bonds is 17. The summed E-state index contributed by atoms with van der Waals surface area (Å²) in [6.45, 7) is 2.66. The average Bonchev–Trinajstić information content (AvgIpc) is 1.53. The van der Waals surface area contributed by atoms with Crippen LogP contribution in [0.4, 0.5) is 26.3 Å². The molecule has 28 heteroatoms. The summed E-state index contributed by atoms with van der Waals surface area (Å²) in [6, 6.07) is 30.3. The van der Waals surface area contributed by atoms with Crippen LogP contribution in [-0.2, 0) is 68.9 Å². The Labute approximate surface area is 528 Å². The van der Waals surface area contributed by atoms with E-state index in [0.29, 0.717) is 3.97 Å². The average molecular weight is 1340 g/mol. The normalized spacial score (nSPS) is 12.8. The summed E-state index contributed by atoms with van der Waals surface area (Å²) in [7, 11) is -7.13. The van der Waals surface area contributed by atoms with Gasteiger partial charge in [-0.3, -0.25) is 19.2 Å². The first-order valence-electron chi connectivity index (χ1n) is 27.3. The number of esters is 1. The molecular weight excluding hydrogens is 1290 g/mol. The molecule has 2 unspecified atom stereocenters. The largest absolute Gasteiger partial charge is 0.480 e. The quantitative estimate of drug-likeness (QED) is 0.0438. The number of hydrogen-bond acceptors (Lipinski definition) is 11. The van der Waals surface area contributed by atoms with Crippen molar-refractivity contribution in [2.75, 3.05) is 0 Å². The summed E-state index contributed by atoms with van der Waals surface area (Å²) >= 11 is 12.9. The zero-order valence-corrected chi connectivity index (χ0v) is 51.4. The number of carbonyl (C=O) groups is 4. The molecule has 474 valence electrons. The second kappa shape index (κ2) is 24.8. The first-order valence-corrected chi connectivity index (χ1v) is 31.0. The molecule has 0 bridgehead atoms. The van der Waals surface area contributed by atoms with Gasteiger partial charge in [0, 0.05) is 55.2 Å². The van der Waals surface area contributed by atoms with Gasteiger partial charge in [0.15, 0.2) is 0 Å². The van der Waals surface area contributed by atoms with Gasteiger partial charge in [-0.25, -0.2) is 34.4 Å². The highest BCUT2D eigenvalue weighted by Crippen LogP contribution is 2.39. The predicted octanol–water partition coefficient (Wildman–Crippen LogP) is 11.1. The zero-order valence-electron chi connectivity index (χ0n) is 48.2. The van der Waals surface area contributed by atoms with Crippen molar-refractivity contribution in [2.45, 2.75) is 60.9 Å². The minimum Gasteiger partial charge on any atom is -0.480 e. The Kier molecular flexibility index (Phi) is 17.6. The van der Waals surface area contributed by atoms with Gasteiger partial charge >= 0.3 is 24.3 Å². The fraction of sp³-hybridized carbons (Fsp3) is 0.156. The topological polar surface area (TPSA) is 244 Å². The fourth-order valence-corrected chi connectivity index (χ4v) is 14.6. The number of nitrogens with one attached hydrogen (secondary N) is 2. The molecule has 6 aromatic carbocycles. The fourth-order valence-electron chi connectivity index (χ4n) is 10.5. The van der Waals surface area contributed by atoms with Crippen LogP contribution in [0, 0.1) is 13.8 Å². The van der Waals surface area contributed by atoms with E-state index in [9.17, 15) is 68.6 Å². The number of aromatic nitrogens is 4. The summed E-state index contributed by atoms with van der Waals surface area (Å²) in [5.74, 6) is -5.88. The minimum atomic E-state index is -5.16. The number of benzene rings is 6. The number of hydrogen-bond donors (Lipinski definition) is 3. The van der Waals surface area contributed by atoms with Crippen LogP contribution >= 0.6 is 23.2 Å². The number of halogens is 8. The lowest BCUT2D eigenvalue weighted by Crippen LogP contribution is -2.45. The number of carboxylic acid groups (broad SMARTS) is 1. The number of ether oxygens (including phenoxy) is 1. The van der Waals surface area contributed by atoms with Gasteiger partial charge in [-0.05, 0) is 103 Å². The van der Waals surface area contributed by atoms with Crippen molar-refractivity contribution >= 4 is 88.8 Å². The molecule has 92 heavy (non-hydrogen) atoms. The number of fused-ring (bicyclic) bond motifs is 2. The molecule has 0 aliphatic carbocycles. The minimum absolute atomic E-state index is 0.0244. The number of para-hydroxylation sites is 1. The summed E-state index contributed by atoms with van der Waals surface area (Å²) in [4.78, 5) is 82.6. The number of pyridine rings is 2. The Morgan fingerprint density at radius 2 is 0.989 bits per heavy atom. The van der Waals surface area contributed by atoms with E-state index >= 15 is 8.42 Å². The summed E-state index contributed by atoms with van der Waals surface area (Å²) in [5.41, 5.74) is -7.22. The first-order chi connectivity index (χ1) is 43.3. The van der Waals surface area contributed by atoms with E-state index in [1.165, 1.54) is 149 Å². The second-order valence-electron chi connectivity index (χ2n) is 21.2. The number of nitrogens with zero attached hydrogens (tertiary/aromatic N) is 4. The summed E-state index contributed by atoms with van der Waals surface area (Å²) < 4.78 is 154. The molecule has 4 aromatic heterocycles. The Hall–Kier alpha value is -9.76. The Morgan fingerprint density at radius 3 is 1.48 bits per heavy atom. The van der Waals surface area contributed by atoms with Crippen LogP contribution in [0.15, 0.2) is 183 Å². The van der Waals surface area contributed by atoms with E-state index in [-0.39, 0.29) is 54.8 Å². The van der Waals surface area contributed by atoms with Gasteiger partial charge in [-0.15, -0.1) is 0 Å². The predicted molar refractivity (Wildman–Crippen MR) is 329 cm³/mol. The molecule has 0 spiro atoms. The Balaban J connectivity index is 1.02. The molecule has 0 aliphatic rings. The number of alkyl halides is 6. The highest BCUT2D eigenvalue weighted by molar-refractivity contribution is 7.90. The molecule has 0 aliphatic heterocycles. The van der Waals surface area contributed by atoms with Crippen LogP contribution in [0.1, 0.15) is 54.6 Å². The van der Waals surface area contributed by atoms with Crippen LogP contribution in [0.3, 0.4) is 0 Å². The lowest BCUT2D eigenvalue weighted by molar-refractivity contribution is -0.139. The van der Waals surface area contributed by atoms with Gasteiger partial charge in [0.25, 0.3) is 43.0 Å². The van der Waals surface area contributed by atoms with Gasteiger partial charge in [-0.1, -0.05) is 114 Å². The zero-order chi connectivity index (χ0) is 66.7. The molecule has 0 saturated carbocycles. The third-order valence-electron chi connectivity index (χ3n) is 15.3. The van der Waals surface area contributed by atoms with E-state index in [1.807, 2.05) is 0 Å². The molecule has 10 aromatic rings. The summed E-state index contributed by atoms with van der Waals surface area (Å²) in [6.07, 6.45) is -11.0. The number of carbonyl (C=O) groups excluding carboxylic acids is 3. The number of aliphatic carboxylic acids is 1. The van der Waals surface area contributed by atoms with Crippen molar-refractivity contribution < 1.29 is 72.2 Å². The summed E-state index contributed by atoms with van der Waals surface area (Å²) in [5, 5.41) is 14.6. The van der Waals surface area contributed by atoms with E-state index in [4.69, 9.17) is 27.9 Å². The molecule has 4 heterocycles. The highest BCUT2D eigenvalue weighted by Gasteiger charge is 2.39. The molecule has 10 rings (SSSR count). The standard InChI is InChI=1S/C64H48Cl2F6N6O12S2/c1-34-27-44(63(67,68)69)54(59(81)75(34)3)38-21-17-36(18-22-38)29-48(61(83)84)73-57(79)53-32-41-25-26-42(33-51(41)78(53)92(88,89)56-46(65)14-10-15-47(56)66)90-62(85)49(30-37-19-23-39(24-20-37)55-45(64(70,71)72)28-35(2)76(4)60(55)82)74-58(80)52-31-40-11-8-9-16-50(40)77(52)91(86,87)43-12-6-5-7-13-43/h5-28,31-33,48-49H,29-30H2,1-4H3,(H,73,79)(H,74,80)(H,83,84). The van der Waals surface area contributed by atoms with Gasteiger partial charge in [0.1, 0.15) is 34.1 Å². The van der Waals surface area contributed by atoms with Gasteiger partial charge in [0.2, 0.25) is 0 Å². The molecule has 0 fully saturated rings. The van der Waals surface area contributed by atoms with Crippen LogP contribution < -0.4 is 26.5 Å². The molecule has 0 radical (unpaired) electrons. The van der Waals surface area contributed by atoms with Crippen molar-refractivity contribution in [3.8, 4) is 28.0 Å². The maximum absolute atomic E-state index is 15.0. The van der Waals surface area contributed by atoms with Gasteiger partial charge < -0.3 is 29.6 Å². The van der Waals surface area contributed by atoms with Crippen LogP contribution in [-0.4, -0.2) is 74.9 Å². The maximum atomic E-state index is 15.0. The van der Waals surface area contributed by atoms with E-state index in [0.717, 1.165) is 43.4 Å². The Morgan fingerprint density at radius 1 is 0.543 bits per heavy atom. The van der Waals surface area contributed by atoms with E-state index < -0.39 is 152 Å². The van der Waals surface area contributed by atoms with Gasteiger partial charge in [-0.2, -0.15) is 26.3 Å². The van der Waals surface area contributed by atoms with E-state index in [1.54, 1.807) is 12.1 Å². The van der Waals surface area contributed by atoms with Crippen molar-refractivity contribution in [2.24, 2.45) is 14.1 Å². The SMILES string of the molecule is Cc1cc(C(F)(F)F)c(-c2ccc(CC(NC(=O)c3cc4ccc(OC(=O)C(Cc5ccc(-c6c(C(F)(F)F)cc(C)n(C)c6=O)cc5)NC(=O)c5cc6ccccc6n5S(=O)(=O)c5ccccc5)cc4n3S(=O)(=O)c3c(Cl)cccc3Cl)C(=O)O)cc2)c(=O)n1C. The molecule has 2 atom stereocenters.